The standard InChI is InChI=1S/C15H19NO4/c1-3-19-13(17)10-12(15(18)20-4-2)14(16)11-8-6-5-7-9-11/h5-9H,3-4,10,16H2,1-2H3/b14-12+. The van der Waals surface area contributed by atoms with E-state index in [2.05, 4.69) is 0 Å². The number of ether oxygens (including phenoxy) is 2. The van der Waals surface area contributed by atoms with Crippen LogP contribution in [-0.2, 0) is 19.1 Å². The number of nitrogens with two attached hydrogens (primary N) is 1. The highest BCUT2D eigenvalue weighted by Gasteiger charge is 2.20. The highest BCUT2D eigenvalue weighted by molar-refractivity contribution is 6.01. The molecule has 5 heteroatoms. The molecule has 0 amide bonds. The third-order valence-electron chi connectivity index (χ3n) is 2.56. The molecule has 0 unspecified atom stereocenters. The predicted octanol–water partition coefficient (Wildman–Crippen LogP) is 1.87. The third-order valence-corrected chi connectivity index (χ3v) is 2.56. The minimum Gasteiger partial charge on any atom is -0.466 e. The van der Waals surface area contributed by atoms with E-state index in [0.29, 0.717) is 5.56 Å². The fourth-order valence-corrected chi connectivity index (χ4v) is 1.64. The number of benzene rings is 1. The van der Waals surface area contributed by atoms with E-state index in [1.54, 1.807) is 38.1 Å². The highest BCUT2D eigenvalue weighted by atomic mass is 16.5. The van der Waals surface area contributed by atoms with Crippen LogP contribution in [0.2, 0.25) is 0 Å². The molecule has 0 bridgehead atoms. The first kappa shape index (κ1) is 15.8. The number of carbonyl (C=O) groups excluding carboxylic acids is 2. The van der Waals surface area contributed by atoms with Crippen molar-refractivity contribution in [2.24, 2.45) is 5.73 Å². The van der Waals surface area contributed by atoms with Crippen molar-refractivity contribution in [1.29, 1.82) is 0 Å². The molecule has 1 rings (SSSR count). The summed E-state index contributed by atoms with van der Waals surface area (Å²) in [5, 5.41) is 0. The molecule has 2 N–H and O–H groups in total. The van der Waals surface area contributed by atoms with Gasteiger partial charge in [0.25, 0.3) is 0 Å². The molecule has 1 aromatic carbocycles. The van der Waals surface area contributed by atoms with Crippen LogP contribution < -0.4 is 5.73 Å². The van der Waals surface area contributed by atoms with Crippen LogP contribution >= 0.6 is 0 Å². The Morgan fingerprint density at radius 2 is 1.65 bits per heavy atom. The van der Waals surface area contributed by atoms with Gasteiger partial charge in [-0.15, -0.1) is 0 Å². The molecule has 20 heavy (non-hydrogen) atoms. The van der Waals surface area contributed by atoms with Crippen LogP contribution in [0.15, 0.2) is 35.9 Å². The summed E-state index contributed by atoms with van der Waals surface area (Å²) in [6.07, 6.45) is -0.201. The summed E-state index contributed by atoms with van der Waals surface area (Å²) in [7, 11) is 0. The van der Waals surface area contributed by atoms with Crippen molar-refractivity contribution in [2.75, 3.05) is 13.2 Å². The smallest absolute Gasteiger partial charge is 0.336 e. The maximum atomic E-state index is 11.9. The summed E-state index contributed by atoms with van der Waals surface area (Å²) in [5.41, 5.74) is 7.01. The molecular weight excluding hydrogens is 258 g/mol. The maximum absolute atomic E-state index is 11.9. The topological polar surface area (TPSA) is 78.6 Å². The lowest BCUT2D eigenvalue weighted by Crippen LogP contribution is -2.18. The van der Waals surface area contributed by atoms with Crippen LogP contribution in [0.3, 0.4) is 0 Å². The predicted molar refractivity (Wildman–Crippen MR) is 75.4 cm³/mol. The van der Waals surface area contributed by atoms with Crippen molar-refractivity contribution in [3.8, 4) is 0 Å². The lowest BCUT2D eigenvalue weighted by Gasteiger charge is -2.11. The zero-order valence-electron chi connectivity index (χ0n) is 11.7. The van der Waals surface area contributed by atoms with Gasteiger partial charge in [0.05, 0.1) is 25.2 Å². The second kappa shape index (κ2) is 7.99. The van der Waals surface area contributed by atoms with E-state index in [0.717, 1.165) is 0 Å². The average Bonchev–Trinajstić information content (AvgIpc) is 2.45. The summed E-state index contributed by atoms with van der Waals surface area (Å²) >= 11 is 0. The molecule has 0 aromatic heterocycles. The Balaban J connectivity index is 3.08. The Morgan fingerprint density at radius 1 is 1.05 bits per heavy atom. The van der Waals surface area contributed by atoms with Crippen molar-refractivity contribution in [3.63, 3.8) is 0 Å². The van der Waals surface area contributed by atoms with E-state index in [-0.39, 0.29) is 30.9 Å². The van der Waals surface area contributed by atoms with Crippen LogP contribution in [0.25, 0.3) is 5.70 Å². The zero-order chi connectivity index (χ0) is 15.0. The normalized spacial score (nSPS) is 11.5. The number of hydrogen-bond donors (Lipinski definition) is 1. The molecule has 0 aliphatic rings. The van der Waals surface area contributed by atoms with E-state index in [1.807, 2.05) is 6.07 Å². The first-order chi connectivity index (χ1) is 9.60. The second-order valence-corrected chi connectivity index (χ2v) is 3.96. The lowest BCUT2D eigenvalue weighted by atomic mass is 10.0. The van der Waals surface area contributed by atoms with Gasteiger partial charge in [0.15, 0.2) is 0 Å². The SMILES string of the molecule is CCOC(=O)C/C(C(=O)OCC)=C(\N)c1ccccc1. The molecule has 0 spiro atoms. The van der Waals surface area contributed by atoms with Crippen LogP contribution in [0.4, 0.5) is 0 Å². The van der Waals surface area contributed by atoms with Crippen LogP contribution in [-0.4, -0.2) is 25.2 Å². The molecule has 0 aliphatic heterocycles. The molecule has 5 nitrogen and oxygen atoms in total. The Kier molecular flexibility index (Phi) is 6.29. The first-order valence-electron chi connectivity index (χ1n) is 6.46. The molecule has 0 radical (unpaired) electrons. The largest absolute Gasteiger partial charge is 0.466 e. The maximum Gasteiger partial charge on any atom is 0.336 e. The van der Waals surface area contributed by atoms with Gasteiger partial charge in [-0.3, -0.25) is 4.79 Å². The molecule has 108 valence electrons. The average molecular weight is 277 g/mol. The number of esters is 2. The summed E-state index contributed by atoms with van der Waals surface area (Å²) in [6, 6.07) is 8.97. The highest BCUT2D eigenvalue weighted by Crippen LogP contribution is 2.18. The van der Waals surface area contributed by atoms with Gasteiger partial charge in [-0.05, 0) is 19.4 Å². The van der Waals surface area contributed by atoms with Gasteiger partial charge in [-0.25, -0.2) is 4.79 Å². The number of carbonyl (C=O) groups is 2. The van der Waals surface area contributed by atoms with Crippen LogP contribution in [0.1, 0.15) is 25.8 Å². The summed E-state index contributed by atoms with van der Waals surface area (Å²) in [4.78, 5) is 23.5. The Hall–Kier alpha value is -2.30. The third kappa shape index (κ3) is 4.42. The van der Waals surface area contributed by atoms with E-state index in [4.69, 9.17) is 15.2 Å². The van der Waals surface area contributed by atoms with Gasteiger partial charge < -0.3 is 15.2 Å². The summed E-state index contributed by atoms with van der Waals surface area (Å²) < 4.78 is 9.79. The molecule has 0 saturated carbocycles. The van der Waals surface area contributed by atoms with E-state index >= 15 is 0 Å². The molecule has 0 saturated heterocycles. The van der Waals surface area contributed by atoms with E-state index in [1.165, 1.54) is 0 Å². The Morgan fingerprint density at radius 3 is 2.20 bits per heavy atom. The molecular formula is C15H19NO4. The van der Waals surface area contributed by atoms with Gasteiger partial charge in [0, 0.05) is 5.70 Å². The van der Waals surface area contributed by atoms with Crippen molar-refractivity contribution in [1.82, 2.24) is 0 Å². The summed E-state index contributed by atoms with van der Waals surface area (Å²) in [5.74, 6) is -1.10. The monoisotopic (exact) mass is 277 g/mol. The van der Waals surface area contributed by atoms with Crippen LogP contribution in [0.5, 0.6) is 0 Å². The fraction of sp³-hybridized carbons (Fsp3) is 0.333. The van der Waals surface area contributed by atoms with E-state index in [9.17, 15) is 9.59 Å². The van der Waals surface area contributed by atoms with Crippen molar-refractivity contribution < 1.29 is 19.1 Å². The zero-order valence-corrected chi connectivity index (χ0v) is 11.7. The van der Waals surface area contributed by atoms with Crippen molar-refractivity contribution >= 4 is 17.6 Å². The quantitative estimate of drug-likeness (QED) is 0.634. The molecule has 1 aromatic rings. The van der Waals surface area contributed by atoms with Gasteiger partial charge in [-0.1, -0.05) is 30.3 Å². The van der Waals surface area contributed by atoms with Crippen LogP contribution in [0, 0.1) is 0 Å². The molecule has 0 aliphatic carbocycles. The minimum atomic E-state index is -0.595. The summed E-state index contributed by atoms with van der Waals surface area (Å²) in [6.45, 7) is 3.86. The Labute approximate surface area is 118 Å². The first-order valence-corrected chi connectivity index (χ1v) is 6.46. The van der Waals surface area contributed by atoms with E-state index < -0.39 is 11.9 Å². The molecule has 0 heterocycles. The van der Waals surface area contributed by atoms with Gasteiger partial charge in [0.1, 0.15) is 0 Å². The second-order valence-electron chi connectivity index (χ2n) is 3.96. The van der Waals surface area contributed by atoms with Gasteiger partial charge in [-0.2, -0.15) is 0 Å². The molecule has 0 atom stereocenters. The van der Waals surface area contributed by atoms with Gasteiger partial charge >= 0.3 is 11.9 Å². The fourth-order valence-electron chi connectivity index (χ4n) is 1.64. The Bertz CT molecular complexity index is 494. The number of hydrogen-bond acceptors (Lipinski definition) is 5. The van der Waals surface area contributed by atoms with Gasteiger partial charge in [0.2, 0.25) is 0 Å². The van der Waals surface area contributed by atoms with Crippen molar-refractivity contribution in [2.45, 2.75) is 20.3 Å². The minimum absolute atomic E-state index is 0.122. The number of rotatable bonds is 6. The molecule has 0 fully saturated rings. The van der Waals surface area contributed by atoms with Crippen molar-refractivity contribution in [3.05, 3.63) is 41.5 Å². The lowest BCUT2D eigenvalue weighted by molar-refractivity contribution is -0.145.